The van der Waals surface area contributed by atoms with Gasteiger partial charge < -0.3 is 11.5 Å². The van der Waals surface area contributed by atoms with Crippen LogP contribution in [-0.2, 0) is 10.4 Å². The van der Waals surface area contributed by atoms with E-state index in [1.807, 2.05) is 0 Å². The molecule has 0 aromatic carbocycles. The average Bonchev–Trinajstić information content (AvgIpc) is 3.04. The van der Waals surface area contributed by atoms with Gasteiger partial charge in [-0.25, -0.2) is 0 Å². The Hall–Kier alpha value is -0.210. The van der Waals surface area contributed by atoms with E-state index in [0.717, 1.165) is 24.9 Å². The van der Waals surface area contributed by atoms with Gasteiger partial charge >= 0.3 is 10.4 Å². The number of unbranched alkanes of at least 4 members (excludes halogenated alkanes) is 24. The molecule has 7 heteroatoms. The fraction of sp³-hybridized carbons (Fsp3) is 1.00. The molecule has 0 radical (unpaired) electrons. The lowest BCUT2D eigenvalue weighted by atomic mass is 9.94. The molecule has 0 aliphatic rings. The van der Waals surface area contributed by atoms with Gasteiger partial charge in [-0.1, -0.05) is 207 Å². The summed E-state index contributed by atoms with van der Waals surface area (Å²) < 4.78 is 31.6. The van der Waals surface area contributed by atoms with Crippen molar-refractivity contribution in [3.05, 3.63) is 0 Å². The second-order valence-electron chi connectivity index (χ2n) is 14.3. The minimum atomic E-state index is -4.67. The van der Waals surface area contributed by atoms with Crippen molar-refractivity contribution in [1.82, 2.24) is 0 Å². The minimum Gasteiger partial charge on any atom is -0.330 e. The van der Waals surface area contributed by atoms with Crippen LogP contribution >= 0.6 is 0 Å². The van der Waals surface area contributed by atoms with Crippen molar-refractivity contribution in [2.45, 2.75) is 233 Å². The molecule has 0 saturated heterocycles. The Labute approximate surface area is 296 Å². The van der Waals surface area contributed by atoms with Gasteiger partial charge in [0.15, 0.2) is 0 Å². The molecule has 47 heavy (non-hydrogen) atoms. The van der Waals surface area contributed by atoms with Crippen molar-refractivity contribution in [3.63, 3.8) is 0 Å². The Balaban J connectivity index is -0.000000719. The van der Waals surface area contributed by atoms with Crippen LogP contribution < -0.4 is 11.5 Å². The van der Waals surface area contributed by atoms with E-state index in [0.29, 0.717) is 0 Å². The SMILES string of the molecule is CCCCCCCCCCC(CN)CCCCCCCC.CCCCCCCCCCC(CN)CCCCCCCC.O=S(=O)(O)O. The van der Waals surface area contributed by atoms with Gasteiger partial charge in [-0.05, 0) is 50.6 Å². The molecule has 6 N–H and O–H groups in total. The van der Waals surface area contributed by atoms with Gasteiger partial charge in [0, 0.05) is 0 Å². The highest BCUT2D eigenvalue weighted by Crippen LogP contribution is 2.20. The first kappa shape index (κ1) is 51.2. The van der Waals surface area contributed by atoms with Crippen LogP contribution in [0.4, 0.5) is 0 Å². The lowest BCUT2D eigenvalue weighted by Crippen LogP contribution is -2.14. The summed E-state index contributed by atoms with van der Waals surface area (Å²) in [6.07, 6.45) is 45.2. The van der Waals surface area contributed by atoms with Crippen LogP contribution in [0.2, 0.25) is 0 Å². The Morgan fingerprint density at radius 2 is 0.511 bits per heavy atom. The molecule has 0 rings (SSSR count). The number of nitrogens with two attached hydrogens (primary N) is 2. The van der Waals surface area contributed by atoms with Crippen LogP contribution in [0.25, 0.3) is 0 Å². The predicted molar refractivity (Wildman–Crippen MR) is 210 cm³/mol. The normalized spacial score (nSPS) is 12.6. The summed E-state index contributed by atoms with van der Waals surface area (Å²) in [5, 5.41) is 0. The van der Waals surface area contributed by atoms with Gasteiger partial charge in [0.2, 0.25) is 0 Å². The van der Waals surface area contributed by atoms with E-state index in [-0.39, 0.29) is 0 Å². The fourth-order valence-corrected chi connectivity index (χ4v) is 6.32. The number of rotatable bonds is 34. The topological polar surface area (TPSA) is 127 Å². The van der Waals surface area contributed by atoms with E-state index in [2.05, 4.69) is 27.7 Å². The first-order valence-corrected chi connectivity index (χ1v) is 22.2. The van der Waals surface area contributed by atoms with Crippen molar-refractivity contribution >= 4 is 10.4 Å². The highest BCUT2D eigenvalue weighted by Gasteiger charge is 2.07. The maximum Gasteiger partial charge on any atom is 0.394 e. The highest BCUT2D eigenvalue weighted by molar-refractivity contribution is 7.79. The van der Waals surface area contributed by atoms with E-state index in [1.54, 1.807) is 0 Å². The Morgan fingerprint density at radius 1 is 0.362 bits per heavy atom. The monoisotopic (exact) mass is 693 g/mol. The van der Waals surface area contributed by atoms with Crippen LogP contribution in [0, 0.1) is 11.8 Å². The standard InChI is InChI=1S/2C20H43N.H2O4S/c2*1-3-5-7-9-11-12-14-16-18-20(19-21)17-15-13-10-8-6-4-2;1-5(2,3)4/h2*20H,3-19,21H2,1-2H3;(H2,1,2,3,4). The predicted octanol–water partition coefficient (Wildman–Crippen LogP) is 13.0. The third-order valence-corrected chi connectivity index (χ3v) is 9.53. The van der Waals surface area contributed by atoms with Crippen molar-refractivity contribution in [2.24, 2.45) is 23.3 Å². The third kappa shape index (κ3) is 55.5. The lowest BCUT2D eigenvalue weighted by Gasteiger charge is -2.14. The molecule has 0 aromatic rings. The van der Waals surface area contributed by atoms with Gasteiger partial charge in [0.25, 0.3) is 0 Å². The van der Waals surface area contributed by atoms with Crippen molar-refractivity contribution in [1.29, 1.82) is 0 Å². The Bertz CT molecular complexity index is 600. The van der Waals surface area contributed by atoms with E-state index in [9.17, 15) is 0 Å². The van der Waals surface area contributed by atoms with Crippen molar-refractivity contribution < 1.29 is 17.5 Å². The van der Waals surface area contributed by atoms with Gasteiger partial charge in [-0.2, -0.15) is 8.42 Å². The largest absolute Gasteiger partial charge is 0.394 e. The van der Waals surface area contributed by atoms with Gasteiger partial charge in [-0.15, -0.1) is 0 Å². The third-order valence-electron chi connectivity index (χ3n) is 9.53. The molecule has 0 heterocycles. The number of hydrogen-bond acceptors (Lipinski definition) is 4. The molecule has 6 nitrogen and oxygen atoms in total. The van der Waals surface area contributed by atoms with Gasteiger partial charge in [0.05, 0.1) is 0 Å². The van der Waals surface area contributed by atoms with Crippen LogP contribution in [0.5, 0.6) is 0 Å². The van der Waals surface area contributed by atoms with Crippen LogP contribution in [-0.4, -0.2) is 30.6 Å². The summed E-state index contributed by atoms with van der Waals surface area (Å²) in [6, 6.07) is 0. The molecule has 0 amide bonds. The van der Waals surface area contributed by atoms with Crippen molar-refractivity contribution in [2.75, 3.05) is 13.1 Å². The zero-order valence-corrected chi connectivity index (χ0v) is 33.3. The summed E-state index contributed by atoms with van der Waals surface area (Å²) in [5.74, 6) is 1.60. The molecule has 0 spiro atoms. The Kier molecular flexibility index (Phi) is 47.7. The molecular weight excluding hydrogens is 605 g/mol. The molecule has 0 aliphatic heterocycles. The van der Waals surface area contributed by atoms with E-state index >= 15 is 0 Å². The first-order chi connectivity index (χ1) is 22.7. The quantitative estimate of drug-likeness (QED) is 0.0393. The molecular formula is C40H88N2O4S. The fourth-order valence-electron chi connectivity index (χ4n) is 6.32. The first-order valence-electron chi connectivity index (χ1n) is 20.8. The molecule has 0 aliphatic carbocycles. The molecule has 288 valence electrons. The second kappa shape index (κ2) is 43.8. The van der Waals surface area contributed by atoms with Gasteiger partial charge in [-0.3, -0.25) is 9.11 Å². The lowest BCUT2D eigenvalue weighted by molar-refractivity contribution is 0.381. The summed E-state index contributed by atoms with van der Waals surface area (Å²) in [4.78, 5) is 0. The second-order valence-corrected chi connectivity index (χ2v) is 15.2. The average molecular weight is 693 g/mol. The molecule has 0 fully saturated rings. The maximum atomic E-state index is 8.74. The zero-order valence-electron chi connectivity index (χ0n) is 32.5. The smallest absolute Gasteiger partial charge is 0.330 e. The van der Waals surface area contributed by atoms with Crippen molar-refractivity contribution in [3.8, 4) is 0 Å². The van der Waals surface area contributed by atoms with E-state index in [1.165, 1.54) is 205 Å². The summed E-state index contributed by atoms with van der Waals surface area (Å²) in [5.41, 5.74) is 11.9. The van der Waals surface area contributed by atoms with Crippen LogP contribution in [0.1, 0.15) is 233 Å². The summed E-state index contributed by atoms with van der Waals surface area (Å²) >= 11 is 0. The molecule has 0 bridgehead atoms. The number of hydrogen-bond donors (Lipinski definition) is 4. The molecule has 2 unspecified atom stereocenters. The highest BCUT2D eigenvalue weighted by atomic mass is 32.3. The molecule has 2 atom stereocenters. The molecule has 0 saturated carbocycles. The minimum absolute atomic E-state index is 0.802. The summed E-state index contributed by atoms with van der Waals surface area (Å²) in [6.45, 7) is 11.0. The van der Waals surface area contributed by atoms with Gasteiger partial charge in [0.1, 0.15) is 0 Å². The van der Waals surface area contributed by atoms with E-state index < -0.39 is 10.4 Å². The molecule has 0 aromatic heterocycles. The van der Waals surface area contributed by atoms with E-state index in [4.69, 9.17) is 29.0 Å². The van der Waals surface area contributed by atoms with Crippen LogP contribution in [0.15, 0.2) is 0 Å². The van der Waals surface area contributed by atoms with Crippen LogP contribution in [0.3, 0.4) is 0 Å². The maximum absolute atomic E-state index is 8.74. The Morgan fingerprint density at radius 3 is 0.660 bits per heavy atom. The summed E-state index contributed by atoms with van der Waals surface area (Å²) in [7, 11) is -4.67. The zero-order chi connectivity index (χ0) is 35.7.